The van der Waals surface area contributed by atoms with E-state index >= 15 is 0 Å². The summed E-state index contributed by atoms with van der Waals surface area (Å²) in [5.41, 5.74) is 4.26. The van der Waals surface area contributed by atoms with Gasteiger partial charge in [-0.2, -0.15) is 0 Å². The lowest BCUT2D eigenvalue weighted by Gasteiger charge is -2.46. The minimum Gasteiger partial charge on any atom is -0.356 e. The van der Waals surface area contributed by atoms with E-state index in [9.17, 15) is 13.6 Å². The molecule has 4 aromatic rings. The Hall–Kier alpha value is -3.34. The molecular formula is C31H30ClF2N5O2S. The number of anilines is 2. The molecule has 3 unspecified atom stereocenters. The molecule has 2 aromatic heterocycles. The Morgan fingerprint density at radius 1 is 1.14 bits per heavy atom. The molecule has 7 nitrogen and oxygen atoms in total. The number of nitrogens with one attached hydrogen (secondary N) is 2. The summed E-state index contributed by atoms with van der Waals surface area (Å²) in [5.74, 6) is -1.45. The van der Waals surface area contributed by atoms with Gasteiger partial charge >= 0.3 is 0 Å². The molecule has 2 fully saturated rings. The molecule has 0 bridgehead atoms. The summed E-state index contributed by atoms with van der Waals surface area (Å²) < 4.78 is 40.7. The second kappa shape index (κ2) is 10.7. The highest BCUT2D eigenvalue weighted by molar-refractivity contribution is 7.98. The fraction of sp³-hybridized carbons (Fsp3) is 0.355. The Morgan fingerprint density at radius 2 is 1.98 bits per heavy atom. The maximum absolute atomic E-state index is 13.8. The molecule has 4 heterocycles. The minimum absolute atomic E-state index is 0.0823. The molecule has 11 heteroatoms. The predicted molar refractivity (Wildman–Crippen MR) is 160 cm³/mol. The highest BCUT2D eigenvalue weighted by Gasteiger charge is 2.58. The lowest BCUT2D eigenvalue weighted by atomic mass is 9.61. The van der Waals surface area contributed by atoms with E-state index in [-0.39, 0.29) is 17.0 Å². The monoisotopic (exact) mass is 609 g/mol. The third-order valence-corrected chi connectivity index (χ3v) is 10.5. The smallest absolute Gasteiger partial charge is 0.273 e. The second-order valence-electron chi connectivity index (χ2n) is 11.6. The third-order valence-electron chi connectivity index (χ3n) is 9.18. The molecule has 2 aromatic carbocycles. The third kappa shape index (κ3) is 4.60. The summed E-state index contributed by atoms with van der Waals surface area (Å²) in [4.78, 5) is 13.3. The topological polar surface area (TPSA) is 75.3 Å². The van der Waals surface area contributed by atoms with Gasteiger partial charge in [0.25, 0.3) is 5.91 Å². The van der Waals surface area contributed by atoms with Gasteiger partial charge in [0.1, 0.15) is 5.69 Å². The summed E-state index contributed by atoms with van der Waals surface area (Å²) in [6.07, 6.45) is 4.91. The minimum atomic E-state index is -1.02. The lowest BCUT2D eigenvalue weighted by Crippen LogP contribution is -2.45. The number of hydrogen-bond donors (Lipinski definition) is 2. The van der Waals surface area contributed by atoms with Crippen molar-refractivity contribution >= 4 is 41.0 Å². The normalized spacial score (nSPS) is 23.2. The van der Waals surface area contributed by atoms with E-state index in [1.165, 1.54) is 18.2 Å². The molecule has 1 aliphatic carbocycles. The first kappa shape index (κ1) is 27.5. The Labute approximate surface area is 251 Å². The van der Waals surface area contributed by atoms with Gasteiger partial charge in [-0.25, -0.2) is 13.1 Å². The number of fused-ring (bicyclic) bond motifs is 2. The van der Waals surface area contributed by atoms with Crippen LogP contribution in [0, 0.1) is 17.0 Å². The van der Waals surface area contributed by atoms with Crippen LogP contribution < -0.4 is 10.0 Å². The van der Waals surface area contributed by atoms with Crippen LogP contribution in [0.5, 0.6) is 0 Å². The van der Waals surface area contributed by atoms with Crippen molar-refractivity contribution in [3.05, 3.63) is 88.3 Å². The molecular weight excluding hydrogens is 580 g/mol. The van der Waals surface area contributed by atoms with Crippen LogP contribution in [-0.2, 0) is 13.0 Å². The number of halogens is 3. The Kier molecular flexibility index (Phi) is 7.03. The molecule has 42 heavy (non-hydrogen) atoms. The van der Waals surface area contributed by atoms with Crippen LogP contribution in [0.2, 0.25) is 5.02 Å². The summed E-state index contributed by atoms with van der Waals surface area (Å²) in [5, 5.41) is 7.50. The molecule has 3 atom stereocenters. The molecule has 7 rings (SSSR count). The number of hydrogen-bond acceptors (Lipinski definition) is 6. The fourth-order valence-corrected chi connectivity index (χ4v) is 8.27. The van der Waals surface area contributed by atoms with Gasteiger partial charge in [-0.05, 0) is 49.7 Å². The zero-order valence-corrected chi connectivity index (χ0v) is 24.6. The van der Waals surface area contributed by atoms with Crippen LogP contribution >= 0.6 is 23.7 Å². The Bertz CT molecular complexity index is 1660. The van der Waals surface area contributed by atoms with Gasteiger partial charge in [0.05, 0.1) is 16.4 Å². The van der Waals surface area contributed by atoms with E-state index in [1.54, 1.807) is 0 Å². The summed E-state index contributed by atoms with van der Waals surface area (Å²) in [7, 11) is 0. The highest BCUT2D eigenvalue weighted by atomic mass is 35.5. The predicted octanol–water partition coefficient (Wildman–Crippen LogP) is 7.91. The molecule has 2 N–H and O–H groups in total. The largest absolute Gasteiger partial charge is 0.356 e. The average molecular weight is 610 g/mol. The van der Waals surface area contributed by atoms with Crippen LogP contribution in [0.3, 0.4) is 0 Å². The number of nitrogens with zero attached hydrogens (tertiary/aromatic N) is 3. The van der Waals surface area contributed by atoms with Crippen LogP contribution in [-0.4, -0.2) is 32.5 Å². The van der Waals surface area contributed by atoms with Crippen molar-refractivity contribution in [2.45, 2.75) is 57.5 Å². The fourth-order valence-electron chi connectivity index (χ4n) is 6.74. The standard InChI is InChI=1S/C31H30ClF2N5O2S/c1-31-13-12-26(31)39(17-20(31)23-16-25(41-36-23)18-7-3-2-4-8-18)42-37-28-24-9-5-6-14-38(24)29(27(28)32)30(40)35-19-10-11-21(33)22(34)15-19/h2-4,7-8,10-11,15-16,20,26,37H,5-6,9,12-14,17H2,1H3,(H,35,40). The van der Waals surface area contributed by atoms with Gasteiger partial charge in [-0.15, -0.1) is 0 Å². The molecule has 1 amide bonds. The van der Waals surface area contributed by atoms with Gasteiger partial charge in [0.2, 0.25) is 0 Å². The first-order valence-corrected chi connectivity index (χ1v) is 15.4. The molecule has 2 aliphatic heterocycles. The SMILES string of the molecule is CC12CCC1N(SNc1c(Cl)c(C(=O)Nc3ccc(F)c(F)c3)n3c1CCCC3)CC2c1cc(-c2ccccc2)on1. The van der Waals surface area contributed by atoms with E-state index in [2.05, 4.69) is 32.5 Å². The van der Waals surface area contributed by atoms with Gasteiger partial charge in [-0.1, -0.05) is 54.0 Å². The van der Waals surface area contributed by atoms with Gasteiger partial charge in [0, 0.05) is 66.3 Å². The van der Waals surface area contributed by atoms with Crippen molar-refractivity contribution < 1.29 is 18.1 Å². The molecule has 0 spiro atoms. The first-order valence-electron chi connectivity index (χ1n) is 14.2. The Morgan fingerprint density at radius 3 is 2.74 bits per heavy atom. The van der Waals surface area contributed by atoms with Crippen molar-refractivity contribution in [2.24, 2.45) is 5.41 Å². The number of carbonyl (C=O) groups is 1. The molecule has 1 saturated carbocycles. The van der Waals surface area contributed by atoms with E-state index in [4.69, 9.17) is 16.1 Å². The van der Waals surface area contributed by atoms with Crippen LogP contribution in [0.1, 0.15) is 60.4 Å². The second-order valence-corrected chi connectivity index (χ2v) is 12.8. The highest BCUT2D eigenvalue weighted by Crippen LogP contribution is 2.60. The van der Waals surface area contributed by atoms with Crippen molar-refractivity contribution in [1.29, 1.82) is 0 Å². The van der Waals surface area contributed by atoms with Crippen molar-refractivity contribution in [2.75, 3.05) is 16.6 Å². The van der Waals surface area contributed by atoms with Crippen LogP contribution in [0.4, 0.5) is 20.2 Å². The van der Waals surface area contributed by atoms with Crippen molar-refractivity contribution in [3.8, 4) is 11.3 Å². The molecule has 3 aliphatic rings. The molecule has 218 valence electrons. The zero-order valence-electron chi connectivity index (χ0n) is 23.0. The zero-order chi connectivity index (χ0) is 29.0. The van der Waals surface area contributed by atoms with E-state index in [0.29, 0.717) is 23.3 Å². The lowest BCUT2D eigenvalue weighted by molar-refractivity contribution is 0.0908. The van der Waals surface area contributed by atoms with Crippen LogP contribution in [0.25, 0.3) is 11.3 Å². The summed E-state index contributed by atoms with van der Waals surface area (Å²) in [6, 6.07) is 15.7. The number of rotatable bonds is 7. The Balaban J connectivity index is 1.11. The van der Waals surface area contributed by atoms with Crippen molar-refractivity contribution in [1.82, 2.24) is 14.0 Å². The number of amides is 1. The molecule has 0 radical (unpaired) electrons. The average Bonchev–Trinajstić information content (AvgIpc) is 3.63. The van der Waals surface area contributed by atoms with E-state index in [1.807, 2.05) is 34.9 Å². The number of benzene rings is 2. The quantitative estimate of drug-likeness (QED) is 0.207. The summed E-state index contributed by atoms with van der Waals surface area (Å²) in [6.45, 7) is 3.79. The first-order chi connectivity index (χ1) is 20.3. The van der Waals surface area contributed by atoms with Gasteiger partial charge < -0.3 is 19.1 Å². The molecule has 1 saturated heterocycles. The van der Waals surface area contributed by atoms with Gasteiger partial charge in [0.15, 0.2) is 17.4 Å². The maximum Gasteiger partial charge on any atom is 0.273 e. The van der Waals surface area contributed by atoms with Crippen LogP contribution in [0.15, 0.2) is 59.1 Å². The van der Waals surface area contributed by atoms with Gasteiger partial charge in [-0.3, -0.25) is 4.79 Å². The number of aromatic nitrogens is 2. The van der Waals surface area contributed by atoms with Crippen molar-refractivity contribution in [3.63, 3.8) is 0 Å². The maximum atomic E-state index is 13.8. The summed E-state index contributed by atoms with van der Waals surface area (Å²) >= 11 is 8.41. The van der Waals surface area contributed by atoms with E-state index < -0.39 is 17.5 Å². The van der Waals surface area contributed by atoms with E-state index in [0.717, 1.165) is 79.2 Å². The number of carbonyl (C=O) groups excluding carboxylic acids is 1.